The molecule has 0 atom stereocenters. The topological polar surface area (TPSA) is 75.3 Å². The lowest BCUT2D eigenvalue weighted by atomic mass is 10.0. The minimum absolute atomic E-state index is 0.102. The van der Waals surface area contributed by atoms with E-state index in [0.29, 0.717) is 12.1 Å². The van der Waals surface area contributed by atoms with Gasteiger partial charge in [0.05, 0.1) is 5.75 Å². The predicted octanol–water partition coefficient (Wildman–Crippen LogP) is 3.18. The third-order valence-corrected chi connectivity index (χ3v) is 5.47. The molecule has 0 bridgehead atoms. The summed E-state index contributed by atoms with van der Waals surface area (Å²) in [5.41, 5.74) is 4.25. The van der Waals surface area contributed by atoms with Gasteiger partial charge in [-0.3, -0.25) is 9.52 Å². The van der Waals surface area contributed by atoms with E-state index in [-0.39, 0.29) is 18.2 Å². The van der Waals surface area contributed by atoms with Gasteiger partial charge in [-0.1, -0.05) is 36.4 Å². The molecule has 0 unspecified atom stereocenters. The number of nitrogens with one attached hydrogen (secondary N) is 2. The van der Waals surface area contributed by atoms with E-state index in [1.54, 1.807) is 24.3 Å². The van der Waals surface area contributed by atoms with Gasteiger partial charge in [0.25, 0.3) is 0 Å². The average Bonchev–Trinajstić information content (AvgIpc) is 2.58. The Morgan fingerprint density at radius 1 is 1.00 bits per heavy atom. The normalized spacial score (nSPS) is 11.2. The Hall–Kier alpha value is -2.34. The van der Waals surface area contributed by atoms with Crippen LogP contribution in [0.3, 0.4) is 0 Å². The van der Waals surface area contributed by atoms with Crippen molar-refractivity contribution in [2.75, 3.05) is 17.0 Å². The fourth-order valence-corrected chi connectivity index (χ4v) is 3.53. The first kappa shape index (κ1) is 20.0. The Morgan fingerprint density at radius 3 is 2.42 bits per heavy atom. The minimum atomic E-state index is -3.47. The fourth-order valence-electron chi connectivity index (χ4n) is 2.56. The Bertz CT molecular complexity index is 833. The van der Waals surface area contributed by atoms with Gasteiger partial charge in [0.15, 0.2) is 0 Å². The van der Waals surface area contributed by atoms with Crippen LogP contribution in [0.25, 0.3) is 0 Å². The van der Waals surface area contributed by atoms with Crippen molar-refractivity contribution < 1.29 is 13.2 Å². The predicted molar refractivity (Wildman–Crippen MR) is 106 cm³/mol. The van der Waals surface area contributed by atoms with Gasteiger partial charge < -0.3 is 5.32 Å². The van der Waals surface area contributed by atoms with Crippen molar-refractivity contribution in [3.8, 4) is 0 Å². The number of para-hydroxylation sites is 1. The first-order valence-corrected chi connectivity index (χ1v) is 10.4. The molecule has 0 fully saturated rings. The second-order valence-electron chi connectivity index (χ2n) is 6.41. The number of benzene rings is 2. The average molecular weight is 375 g/mol. The van der Waals surface area contributed by atoms with Crippen LogP contribution < -0.4 is 10.0 Å². The maximum absolute atomic E-state index is 12.0. The first-order chi connectivity index (χ1) is 12.4. The molecule has 0 aliphatic heterocycles. The number of hydrogen-bond acceptors (Lipinski definition) is 3. The van der Waals surface area contributed by atoms with Crippen LogP contribution in [0, 0.1) is 13.8 Å². The molecule has 0 radical (unpaired) electrons. The van der Waals surface area contributed by atoms with E-state index in [2.05, 4.69) is 42.1 Å². The van der Waals surface area contributed by atoms with Crippen molar-refractivity contribution >= 4 is 21.6 Å². The lowest BCUT2D eigenvalue weighted by Gasteiger charge is -2.09. The molecule has 1 amide bonds. The van der Waals surface area contributed by atoms with Gasteiger partial charge in [-0.25, -0.2) is 8.42 Å². The quantitative estimate of drug-likeness (QED) is 0.708. The maximum Gasteiger partial charge on any atom is 0.234 e. The van der Waals surface area contributed by atoms with Crippen LogP contribution in [0.1, 0.15) is 29.5 Å². The molecule has 0 saturated heterocycles. The number of hydrogen-bond donors (Lipinski definition) is 2. The number of sulfonamides is 1. The van der Waals surface area contributed by atoms with Crippen LogP contribution in [0.5, 0.6) is 0 Å². The molecule has 140 valence electrons. The summed E-state index contributed by atoms with van der Waals surface area (Å²) in [6, 6.07) is 15.0. The van der Waals surface area contributed by atoms with Crippen molar-refractivity contribution in [2.45, 2.75) is 33.1 Å². The molecule has 26 heavy (non-hydrogen) atoms. The van der Waals surface area contributed by atoms with Crippen LogP contribution in [0.15, 0.2) is 48.5 Å². The monoisotopic (exact) mass is 374 g/mol. The number of aryl methyl sites for hydroxylation is 3. The van der Waals surface area contributed by atoms with Crippen LogP contribution in [-0.4, -0.2) is 26.6 Å². The number of anilines is 1. The molecule has 0 aliphatic carbocycles. The van der Waals surface area contributed by atoms with Crippen LogP contribution in [0.2, 0.25) is 0 Å². The van der Waals surface area contributed by atoms with Crippen molar-refractivity contribution in [3.63, 3.8) is 0 Å². The maximum atomic E-state index is 12.0. The van der Waals surface area contributed by atoms with Gasteiger partial charge in [0, 0.05) is 18.7 Å². The van der Waals surface area contributed by atoms with E-state index in [1.165, 1.54) is 16.7 Å². The fraction of sp³-hybridized carbons (Fsp3) is 0.350. The Balaban J connectivity index is 1.67. The highest BCUT2D eigenvalue weighted by Crippen LogP contribution is 2.12. The highest BCUT2D eigenvalue weighted by atomic mass is 32.2. The van der Waals surface area contributed by atoms with Crippen LogP contribution in [0.4, 0.5) is 5.69 Å². The lowest BCUT2D eigenvalue weighted by Crippen LogP contribution is -2.31. The van der Waals surface area contributed by atoms with Gasteiger partial charge in [-0.15, -0.1) is 0 Å². The second kappa shape index (κ2) is 9.38. The van der Waals surface area contributed by atoms with Gasteiger partial charge in [-0.05, 0) is 55.5 Å². The molecule has 0 aromatic heterocycles. The largest absolute Gasteiger partial charge is 0.355 e. The zero-order valence-electron chi connectivity index (χ0n) is 15.3. The highest BCUT2D eigenvalue weighted by molar-refractivity contribution is 7.92. The van der Waals surface area contributed by atoms with E-state index >= 15 is 0 Å². The zero-order chi connectivity index (χ0) is 19.0. The van der Waals surface area contributed by atoms with Crippen molar-refractivity contribution in [2.24, 2.45) is 0 Å². The SMILES string of the molecule is Cc1ccc(CCCC(=O)NCCS(=O)(=O)Nc2ccccc2)cc1C. The summed E-state index contributed by atoms with van der Waals surface area (Å²) in [7, 11) is -3.47. The van der Waals surface area contributed by atoms with Crippen LogP contribution in [-0.2, 0) is 21.2 Å². The van der Waals surface area contributed by atoms with Gasteiger partial charge in [0.1, 0.15) is 0 Å². The molecule has 2 aromatic rings. The molecule has 5 nitrogen and oxygen atoms in total. The summed E-state index contributed by atoms with van der Waals surface area (Å²) >= 11 is 0. The molecule has 0 heterocycles. The summed E-state index contributed by atoms with van der Waals surface area (Å²) in [5, 5.41) is 2.67. The Kier molecular flexibility index (Phi) is 7.21. The van der Waals surface area contributed by atoms with Crippen molar-refractivity contribution in [1.82, 2.24) is 5.32 Å². The van der Waals surface area contributed by atoms with Gasteiger partial charge in [0.2, 0.25) is 15.9 Å². The molecule has 2 N–H and O–H groups in total. The summed E-state index contributed by atoms with van der Waals surface area (Å²) in [5.74, 6) is -0.270. The van der Waals surface area contributed by atoms with Gasteiger partial charge in [-0.2, -0.15) is 0 Å². The molecule has 6 heteroatoms. The van der Waals surface area contributed by atoms with Crippen molar-refractivity contribution in [1.29, 1.82) is 0 Å². The Morgan fingerprint density at radius 2 is 1.73 bits per heavy atom. The minimum Gasteiger partial charge on any atom is -0.355 e. The third-order valence-electron chi connectivity index (χ3n) is 4.18. The third kappa shape index (κ3) is 6.88. The van der Waals surface area contributed by atoms with E-state index in [9.17, 15) is 13.2 Å². The lowest BCUT2D eigenvalue weighted by molar-refractivity contribution is -0.121. The number of carbonyl (C=O) groups excluding carboxylic acids is 1. The summed E-state index contributed by atoms with van der Waals surface area (Å²) < 4.78 is 26.4. The number of amides is 1. The molecule has 2 rings (SSSR count). The first-order valence-electron chi connectivity index (χ1n) is 8.74. The summed E-state index contributed by atoms with van der Waals surface area (Å²) in [6.45, 7) is 4.26. The summed E-state index contributed by atoms with van der Waals surface area (Å²) in [4.78, 5) is 11.9. The highest BCUT2D eigenvalue weighted by Gasteiger charge is 2.11. The van der Waals surface area contributed by atoms with E-state index in [4.69, 9.17) is 0 Å². The molecular weight excluding hydrogens is 348 g/mol. The molecular formula is C20H26N2O3S. The summed E-state index contributed by atoms with van der Waals surface area (Å²) in [6.07, 6.45) is 1.96. The standard InChI is InChI=1S/C20H26N2O3S/c1-16-11-12-18(15-17(16)2)7-6-10-20(23)21-13-14-26(24,25)22-19-8-4-3-5-9-19/h3-5,8-9,11-12,15,22H,6-7,10,13-14H2,1-2H3,(H,21,23). The Labute approximate surface area is 155 Å². The number of carbonyl (C=O) groups is 1. The van der Waals surface area contributed by atoms with E-state index in [0.717, 1.165) is 12.8 Å². The molecule has 2 aromatic carbocycles. The zero-order valence-corrected chi connectivity index (χ0v) is 16.1. The smallest absolute Gasteiger partial charge is 0.234 e. The molecule has 0 spiro atoms. The molecule has 0 aliphatic rings. The number of rotatable bonds is 9. The van der Waals surface area contributed by atoms with Gasteiger partial charge >= 0.3 is 0 Å². The molecule has 0 saturated carbocycles. The second-order valence-corrected chi connectivity index (χ2v) is 8.25. The van der Waals surface area contributed by atoms with E-state index < -0.39 is 10.0 Å². The van der Waals surface area contributed by atoms with Crippen LogP contribution >= 0.6 is 0 Å². The van der Waals surface area contributed by atoms with Crippen molar-refractivity contribution in [3.05, 3.63) is 65.2 Å². The van der Waals surface area contributed by atoms with E-state index in [1.807, 2.05) is 6.07 Å².